The summed E-state index contributed by atoms with van der Waals surface area (Å²) >= 11 is 1.60. The molecular weight excluding hydrogens is 356 g/mol. The van der Waals surface area contributed by atoms with Crippen molar-refractivity contribution in [2.24, 2.45) is 0 Å². The van der Waals surface area contributed by atoms with E-state index in [1.807, 2.05) is 31.0 Å². The van der Waals surface area contributed by atoms with Crippen LogP contribution in [0.4, 0.5) is 0 Å². The van der Waals surface area contributed by atoms with Crippen LogP contribution >= 0.6 is 11.8 Å². The molecule has 0 bridgehead atoms. The number of oxazole rings is 1. The molecule has 0 unspecified atom stereocenters. The third-order valence-corrected chi connectivity index (χ3v) is 5.61. The molecule has 0 saturated carbocycles. The summed E-state index contributed by atoms with van der Waals surface area (Å²) in [5.41, 5.74) is 3.12. The standard InChI is InChI=1S/C22H32N2O2S/c1-5-6-7-8-9-14-24(4)21(25)16-27-15-20-18(3)26-22(23-20)19-12-10-17(2)11-13-19/h10-13H,5-9,14-16H2,1-4H3. The molecule has 1 aromatic carbocycles. The van der Waals surface area contributed by atoms with E-state index in [9.17, 15) is 4.79 Å². The van der Waals surface area contributed by atoms with Crippen LogP contribution in [-0.4, -0.2) is 35.1 Å². The Morgan fingerprint density at radius 2 is 1.81 bits per heavy atom. The second-order valence-electron chi connectivity index (χ2n) is 7.11. The predicted octanol–water partition coefficient (Wildman–Crippen LogP) is 5.62. The summed E-state index contributed by atoms with van der Waals surface area (Å²) in [6.07, 6.45) is 6.10. The molecule has 0 atom stereocenters. The fraction of sp³-hybridized carbons (Fsp3) is 0.545. The number of amides is 1. The van der Waals surface area contributed by atoms with Crippen molar-refractivity contribution in [1.29, 1.82) is 0 Å². The van der Waals surface area contributed by atoms with E-state index in [1.165, 1.54) is 31.2 Å². The van der Waals surface area contributed by atoms with Crippen LogP contribution in [0.15, 0.2) is 28.7 Å². The number of aromatic nitrogens is 1. The number of thioether (sulfide) groups is 1. The third-order valence-electron chi connectivity index (χ3n) is 4.68. The molecule has 0 aliphatic heterocycles. The second-order valence-corrected chi connectivity index (χ2v) is 8.10. The Kier molecular flexibility index (Phi) is 8.92. The van der Waals surface area contributed by atoms with Gasteiger partial charge in [-0.3, -0.25) is 4.79 Å². The van der Waals surface area contributed by atoms with Crippen LogP contribution < -0.4 is 0 Å². The highest BCUT2D eigenvalue weighted by atomic mass is 32.2. The van der Waals surface area contributed by atoms with Gasteiger partial charge in [0.1, 0.15) is 5.76 Å². The van der Waals surface area contributed by atoms with Crippen LogP contribution in [0.5, 0.6) is 0 Å². The molecule has 0 radical (unpaired) electrons. The lowest BCUT2D eigenvalue weighted by Gasteiger charge is -2.16. The van der Waals surface area contributed by atoms with Crippen LogP contribution in [-0.2, 0) is 10.5 Å². The average molecular weight is 389 g/mol. The Morgan fingerprint density at radius 3 is 2.52 bits per heavy atom. The molecule has 1 aromatic heterocycles. The molecule has 0 spiro atoms. The summed E-state index contributed by atoms with van der Waals surface area (Å²) in [4.78, 5) is 18.7. The zero-order chi connectivity index (χ0) is 19.6. The largest absolute Gasteiger partial charge is 0.441 e. The Morgan fingerprint density at radius 1 is 1.11 bits per heavy atom. The smallest absolute Gasteiger partial charge is 0.232 e. The number of nitrogens with zero attached hydrogens (tertiary/aromatic N) is 2. The molecule has 2 rings (SSSR count). The van der Waals surface area contributed by atoms with Crippen molar-refractivity contribution in [2.45, 2.75) is 58.6 Å². The number of carbonyl (C=O) groups excluding carboxylic acids is 1. The quantitative estimate of drug-likeness (QED) is 0.469. The minimum Gasteiger partial charge on any atom is -0.441 e. The highest BCUT2D eigenvalue weighted by molar-refractivity contribution is 7.99. The summed E-state index contributed by atoms with van der Waals surface area (Å²) in [6.45, 7) is 7.06. The number of carbonyl (C=O) groups is 1. The van der Waals surface area contributed by atoms with E-state index >= 15 is 0 Å². The van der Waals surface area contributed by atoms with Crippen molar-refractivity contribution >= 4 is 17.7 Å². The van der Waals surface area contributed by atoms with Gasteiger partial charge in [0.05, 0.1) is 11.4 Å². The fourth-order valence-electron chi connectivity index (χ4n) is 2.80. The van der Waals surface area contributed by atoms with Gasteiger partial charge < -0.3 is 9.32 Å². The van der Waals surface area contributed by atoms with Gasteiger partial charge in [-0.25, -0.2) is 4.98 Å². The highest BCUT2D eigenvalue weighted by Crippen LogP contribution is 2.24. The Bertz CT molecular complexity index is 710. The summed E-state index contributed by atoms with van der Waals surface area (Å²) in [5, 5.41) is 0. The first kappa shape index (κ1) is 21.5. The van der Waals surface area contributed by atoms with Crippen LogP contribution in [0.25, 0.3) is 11.5 Å². The Hall–Kier alpha value is -1.75. The molecule has 148 valence electrons. The van der Waals surface area contributed by atoms with E-state index in [0.717, 1.165) is 30.0 Å². The average Bonchev–Trinajstić information content (AvgIpc) is 3.02. The van der Waals surface area contributed by atoms with Gasteiger partial charge in [-0.05, 0) is 32.4 Å². The van der Waals surface area contributed by atoms with Crippen molar-refractivity contribution in [3.05, 3.63) is 41.3 Å². The Labute approximate surface area is 167 Å². The van der Waals surface area contributed by atoms with Gasteiger partial charge in [0.15, 0.2) is 0 Å². The van der Waals surface area contributed by atoms with Gasteiger partial charge in [-0.15, -0.1) is 11.8 Å². The number of hydrogen-bond donors (Lipinski definition) is 0. The van der Waals surface area contributed by atoms with Crippen molar-refractivity contribution in [3.8, 4) is 11.5 Å². The molecule has 0 fully saturated rings. The van der Waals surface area contributed by atoms with E-state index in [2.05, 4.69) is 31.0 Å². The van der Waals surface area contributed by atoms with Gasteiger partial charge in [-0.2, -0.15) is 0 Å². The number of aryl methyl sites for hydroxylation is 2. The predicted molar refractivity (Wildman–Crippen MR) is 114 cm³/mol. The number of unbranched alkanes of at least 4 members (excludes halogenated alkanes) is 4. The number of benzene rings is 1. The Balaban J connectivity index is 1.76. The maximum atomic E-state index is 12.3. The normalized spacial score (nSPS) is 11.0. The second kappa shape index (κ2) is 11.2. The number of hydrogen-bond acceptors (Lipinski definition) is 4. The first-order valence-corrected chi connectivity index (χ1v) is 11.0. The molecule has 0 N–H and O–H groups in total. The van der Waals surface area contributed by atoms with E-state index < -0.39 is 0 Å². The van der Waals surface area contributed by atoms with Gasteiger partial charge in [-0.1, -0.05) is 50.3 Å². The SMILES string of the molecule is CCCCCCCN(C)C(=O)CSCc1nc(-c2ccc(C)cc2)oc1C. The van der Waals surface area contributed by atoms with Gasteiger partial charge in [0.25, 0.3) is 0 Å². The van der Waals surface area contributed by atoms with Crippen molar-refractivity contribution in [2.75, 3.05) is 19.3 Å². The number of rotatable bonds is 11. The van der Waals surface area contributed by atoms with E-state index in [4.69, 9.17) is 4.42 Å². The van der Waals surface area contributed by atoms with Crippen LogP contribution in [0, 0.1) is 13.8 Å². The molecule has 0 saturated heterocycles. The summed E-state index contributed by atoms with van der Waals surface area (Å²) < 4.78 is 5.81. The van der Waals surface area contributed by atoms with Gasteiger partial charge in [0, 0.05) is 24.9 Å². The molecule has 27 heavy (non-hydrogen) atoms. The lowest BCUT2D eigenvalue weighted by molar-refractivity contribution is -0.127. The van der Waals surface area contributed by atoms with Crippen molar-refractivity contribution < 1.29 is 9.21 Å². The lowest BCUT2D eigenvalue weighted by atomic mass is 10.1. The summed E-state index contributed by atoms with van der Waals surface area (Å²) in [5.74, 6) is 2.85. The molecule has 1 heterocycles. The van der Waals surface area contributed by atoms with Gasteiger partial charge in [0.2, 0.25) is 11.8 Å². The van der Waals surface area contributed by atoms with Crippen LogP contribution in [0.2, 0.25) is 0 Å². The third kappa shape index (κ3) is 7.06. The first-order valence-electron chi connectivity index (χ1n) is 9.86. The van der Waals surface area contributed by atoms with E-state index in [1.54, 1.807) is 11.8 Å². The lowest BCUT2D eigenvalue weighted by Crippen LogP contribution is -2.29. The molecule has 2 aromatic rings. The zero-order valence-electron chi connectivity index (χ0n) is 17.1. The molecule has 4 nitrogen and oxygen atoms in total. The molecule has 0 aliphatic rings. The maximum absolute atomic E-state index is 12.3. The fourth-order valence-corrected chi connectivity index (χ4v) is 3.76. The highest BCUT2D eigenvalue weighted by Gasteiger charge is 2.13. The summed E-state index contributed by atoms with van der Waals surface area (Å²) in [6, 6.07) is 8.16. The maximum Gasteiger partial charge on any atom is 0.232 e. The molecule has 1 amide bonds. The van der Waals surface area contributed by atoms with Gasteiger partial charge >= 0.3 is 0 Å². The summed E-state index contributed by atoms with van der Waals surface area (Å²) in [7, 11) is 1.90. The molecule has 5 heteroatoms. The monoisotopic (exact) mass is 388 g/mol. The first-order chi connectivity index (χ1) is 13.0. The van der Waals surface area contributed by atoms with Crippen LogP contribution in [0.1, 0.15) is 56.0 Å². The van der Waals surface area contributed by atoms with Crippen molar-refractivity contribution in [3.63, 3.8) is 0 Å². The minimum absolute atomic E-state index is 0.190. The molecular formula is C22H32N2O2S. The van der Waals surface area contributed by atoms with Crippen molar-refractivity contribution in [1.82, 2.24) is 9.88 Å². The molecule has 0 aliphatic carbocycles. The van der Waals surface area contributed by atoms with Crippen LogP contribution in [0.3, 0.4) is 0 Å². The zero-order valence-corrected chi connectivity index (χ0v) is 17.9. The minimum atomic E-state index is 0.190. The topological polar surface area (TPSA) is 46.3 Å². The van der Waals surface area contributed by atoms with E-state index in [-0.39, 0.29) is 5.91 Å². The van der Waals surface area contributed by atoms with E-state index in [0.29, 0.717) is 17.4 Å².